The SMILES string of the molecule is COc1ccc(C(=O)N2CCN(C3CC(S(C)(=O)=O)C3)CC2)cc1F. The van der Waals surface area contributed by atoms with Crippen molar-refractivity contribution >= 4 is 15.7 Å². The fraction of sp³-hybridized carbons (Fsp3) is 0.588. The molecule has 1 aromatic rings. The standard InChI is InChI=1S/C17H23FN2O4S/c1-24-16-4-3-12(9-15(16)18)17(21)20-7-5-19(6-8-20)13-10-14(11-13)25(2,22)23/h3-4,9,13-14H,5-8,10-11H2,1-2H3. The van der Waals surface area contributed by atoms with Gasteiger partial charge in [0.1, 0.15) is 9.84 Å². The quantitative estimate of drug-likeness (QED) is 0.796. The first kappa shape index (κ1) is 18.1. The van der Waals surface area contributed by atoms with E-state index in [9.17, 15) is 17.6 Å². The Balaban J connectivity index is 1.54. The molecule has 2 fully saturated rings. The van der Waals surface area contributed by atoms with E-state index in [4.69, 9.17) is 4.74 Å². The van der Waals surface area contributed by atoms with Crippen LogP contribution in [0.5, 0.6) is 5.75 Å². The van der Waals surface area contributed by atoms with Gasteiger partial charge in [0.15, 0.2) is 11.6 Å². The summed E-state index contributed by atoms with van der Waals surface area (Å²) in [6.45, 7) is 2.55. The third-order valence-corrected chi connectivity index (χ3v) is 6.79. The zero-order chi connectivity index (χ0) is 18.2. The Morgan fingerprint density at radius 1 is 1.20 bits per heavy atom. The zero-order valence-corrected chi connectivity index (χ0v) is 15.3. The minimum atomic E-state index is -2.94. The van der Waals surface area contributed by atoms with Crippen molar-refractivity contribution in [2.75, 3.05) is 39.5 Å². The van der Waals surface area contributed by atoms with Gasteiger partial charge in [0.2, 0.25) is 0 Å². The molecule has 1 saturated carbocycles. The average Bonchev–Trinajstić information content (AvgIpc) is 2.52. The molecule has 6 nitrogen and oxygen atoms in total. The monoisotopic (exact) mass is 370 g/mol. The maximum atomic E-state index is 13.8. The van der Waals surface area contributed by atoms with Crippen molar-refractivity contribution < 1.29 is 22.3 Å². The molecule has 0 N–H and O–H groups in total. The molecule has 1 heterocycles. The molecule has 0 spiro atoms. The molecule has 1 amide bonds. The van der Waals surface area contributed by atoms with Crippen molar-refractivity contribution in [3.63, 3.8) is 0 Å². The van der Waals surface area contributed by atoms with Crippen molar-refractivity contribution in [3.8, 4) is 5.75 Å². The van der Waals surface area contributed by atoms with Crippen molar-refractivity contribution in [1.82, 2.24) is 9.80 Å². The lowest BCUT2D eigenvalue weighted by Crippen LogP contribution is -2.57. The van der Waals surface area contributed by atoms with Gasteiger partial charge < -0.3 is 9.64 Å². The molecule has 0 aromatic heterocycles. The summed E-state index contributed by atoms with van der Waals surface area (Å²) in [6.07, 6.45) is 2.64. The average molecular weight is 370 g/mol. The second-order valence-electron chi connectivity index (χ2n) is 6.75. The van der Waals surface area contributed by atoms with E-state index in [1.165, 1.54) is 25.5 Å². The first-order chi connectivity index (χ1) is 11.8. The lowest BCUT2D eigenvalue weighted by atomic mass is 9.90. The third-order valence-electron chi connectivity index (χ3n) is 5.19. The summed E-state index contributed by atoms with van der Waals surface area (Å²) < 4.78 is 41.7. The van der Waals surface area contributed by atoms with E-state index >= 15 is 0 Å². The van der Waals surface area contributed by atoms with Gasteiger partial charge in [0, 0.05) is 44.0 Å². The summed E-state index contributed by atoms with van der Waals surface area (Å²) in [6, 6.07) is 4.52. The van der Waals surface area contributed by atoms with Crippen LogP contribution >= 0.6 is 0 Å². The van der Waals surface area contributed by atoms with Crippen LogP contribution in [-0.2, 0) is 9.84 Å². The van der Waals surface area contributed by atoms with Crippen LogP contribution in [0.1, 0.15) is 23.2 Å². The number of benzene rings is 1. The lowest BCUT2D eigenvalue weighted by molar-refractivity contribution is 0.0462. The van der Waals surface area contributed by atoms with Crippen molar-refractivity contribution in [2.45, 2.75) is 24.1 Å². The first-order valence-electron chi connectivity index (χ1n) is 8.35. The van der Waals surface area contributed by atoms with Crippen LogP contribution in [0.25, 0.3) is 0 Å². The smallest absolute Gasteiger partial charge is 0.254 e. The molecule has 3 rings (SSSR count). The van der Waals surface area contributed by atoms with Crippen molar-refractivity contribution in [1.29, 1.82) is 0 Å². The van der Waals surface area contributed by atoms with Crippen LogP contribution in [0.15, 0.2) is 18.2 Å². The van der Waals surface area contributed by atoms with E-state index in [1.807, 2.05) is 0 Å². The zero-order valence-electron chi connectivity index (χ0n) is 14.4. The summed E-state index contributed by atoms with van der Waals surface area (Å²) >= 11 is 0. The van der Waals surface area contributed by atoms with E-state index < -0.39 is 15.7 Å². The minimum Gasteiger partial charge on any atom is -0.494 e. The number of piperazine rings is 1. The van der Waals surface area contributed by atoms with Crippen LogP contribution in [0.4, 0.5) is 4.39 Å². The molecule has 1 aliphatic carbocycles. The largest absolute Gasteiger partial charge is 0.494 e. The number of rotatable bonds is 4. The normalized spacial score (nSPS) is 24.7. The number of ether oxygens (including phenoxy) is 1. The Morgan fingerprint density at radius 3 is 2.36 bits per heavy atom. The molecule has 1 aliphatic heterocycles. The van der Waals surface area contributed by atoms with Gasteiger partial charge in [-0.25, -0.2) is 12.8 Å². The van der Waals surface area contributed by atoms with Gasteiger partial charge in [-0.1, -0.05) is 0 Å². The number of amides is 1. The maximum absolute atomic E-state index is 13.8. The number of nitrogens with zero attached hydrogens (tertiary/aromatic N) is 2. The van der Waals surface area contributed by atoms with Gasteiger partial charge in [-0.3, -0.25) is 9.69 Å². The molecule has 138 valence electrons. The number of hydrogen-bond donors (Lipinski definition) is 0. The van der Waals surface area contributed by atoms with Crippen molar-refractivity contribution in [2.24, 2.45) is 0 Å². The fourth-order valence-corrected chi connectivity index (χ4v) is 4.60. The molecule has 0 radical (unpaired) electrons. The van der Waals surface area contributed by atoms with Gasteiger partial charge in [0.25, 0.3) is 5.91 Å². The van der Waals surface area contributed by atoms with Gasteiger partial charge in [-0.15, -0.1) is 0 Å². The van der Waals surface area contributed by atoms with Gasteiger partial charge in [0.05, 0.1) is 12.4 Å². The van der Waals surface area contributed by atoms with E-state index in [-0.39, 0.29) is 22.9 Å². The molecule has 0 bridgehead atoms. The first-order valence-corrected chi connectivity index (χ1v) is 10.3. The van der Waals surface area contributed by atoms with Gasteiger partial charge in [-0.2, -0.15) is 0 Å². The van der Waals surface area contributed by atoms with Crippen molar-refractivity contribution in [3.05, 3.63) is 29.6 Å². The molecular weight excluding hydrogens is 347 g/mol. The Morgan fingerprint density at radius 2 is 1.84 bits per heavy atom. The minimum absolute atomic E-state index is 0.117. The fourth-order valence-electron chi connectivity index (χ4n) is 3.46. The molecule has 0 unspecified atom stereocenters. The molecule has 2 aliphatic rings. The number of hydrogen-bond acceptors (Lipinski definition) is 5. The second kappa shape index (κ2) is 6.92. The highest BCUT2D eigenvalue weighted by molar-refractivity contribution is 7.91. The van der Waals surface area contributed by atoms with Crippen LogP contribution in [0, 0.1) is 5.82 Å². The Bertz CT molecular complexity index is 754. The summed E-state index contributed by atoms with van der Waals surface area (Å²) in [4.78, 5) is 16.5. The lowest BCUT2D eigenvalue weighted by Gasteiger charge is -2.45. The van der Waals surface area contributed by atoms with E-state index in [0.717, 1.165) is 0 Å². The highest BCUT2D eigenvalue weighted by Gasteiger charge is 2.40. The predicted octanol–water partition coefficient (Wildman–Crippen LogP) is 1.17. The van der Waals surface area contributed by atoms with Gasteiger partial charge >= 0.3 is 0 Å². The molecule has 25 heavy (non-hydrogen) atoms. The van der Waals surface area contributed by atoms with Crippen LogP contribution in [-0.4, -0.2) is 75.0 Å². The highest BCUT2D eigenvalue weighted by atomic mass is 32.2. The van der Waals surface area contributed by atoms with Crippen LogP contribution in [0.2, 0.25) is 0 Å². The summed E-state index contributed by atoms with van der Waals surface area (Å²) in [7, 11) is -1.56. The van der Waals surface area contributed by atoms with E-state index in [0.29, 0.717) is 44.6 Å². The molecule has 8 heteroatoms. The summed E-state index contributed by atoms with van der Waals surface area (Å²) in [5.41, 5.74) is 0.313. The third kappa shape index (κ3) is 3.79. The number of methoxy groups -OCH3 is 1. The van der Waals surface area contributed by atoms with Gasteiger partial charge in [-0.05, 0) is 31.0 Å². The predicted molar refractivity (Wildman–Crippen MR) is 92.1 cm³/mol. The highest BCUT2D eigenvalue weighted by Crippen LogP contribution is 2.31. The number of carbonyl (C=O) groups excluding carboxylic acids is 1. The maximum Gasteiger partial charge on any atom is 0.254 e. The second-order valence-corrected chi connectivity index (χ2v) is 9.08. The molecular formula is C17H23FN2O4S. The molecule has 1 aromatic carbocycles. The summed E-state index contributed by atoms with van der Waals surface area (Å²) in [5, 5.41) is -0.223. The van der Waals surface area contributed by atoms with E-state index in [1.54, 1.807) is 11.0 Å². The molecule has 0 atom stereocenters. The number of halogens is 1. The van der Waals surface area contributed by atoms with Crippen LogP contribution in [0.3, 0.4) is 0 Å². The molecule has 1 saturated heterocycles. The Hall–Kier alpha value is -1.67. The topological polar surface area (TPSA) is 66.9 Å². The summed E-state index contributed by atoms with van der Waals surface area (Å²) in [5.74, 6) is -0.621. The number of sulfone groups is 1. The van der Waals surface area contributed by atoms with Crippen LogP contribution < -0.4 is 4.74 Å². The van der Waals surface area contributed by atoms with E-state index in [2.05, 4.69) is 4.90 Å². The Kier molecular flexibility index (Phi) is 5.02. The number of carbonyl (C=O) groups is 1. The Labute approximate surface area is 147 Å².